The van der Waals surface area contributed by atoms with Gasteiger partial charge < -0.3 is 9.47 Å². The van der Waals surface area contributed by atoms with Crippen molar-refractivity contribution in [3.05, 3.63) is 23.3 Å². The third-order valence-corrected chi connectivity index (χ3v) is 9.27. The molecule has 4 nitrogen and oxygen atoms in total. The second kappa shape index (κ2) is 7.53. The summed E-state index contributed by atoms with van der Waals surface area (Å²) in [6, 6.07) is 0. The van der Waals surface area contributed by atoms with Crippen LogP contribution in [0.25, 0.3) is 0 Å². The molecule has 0 aromatic carbocycles. The summed E-state index contributed by atoms with van der Waals surface area (Å²) in [5, 5.41) is 0. The Labute approximate surface area is 181 Å². The van der Waals surface area contributed by atoms with Crippen molar-refractivity contribution in [3.63, 3.8) is 0 Å². The number of fused-ring (bicyclic) bond motifs is 5. The normalized spacial score (nSPS) is 46.3. The van der Waals surface area contributed by atoms with Crippen LogP contribution in [0, 0.1) is 34.5 Å². The van der Waals surface area contributed by atoms with Gasteiger partial charge in [-0.1, -0.05) is 44.1 Å². The highest BCUT2D eigenvalue weighted by molar-refractivity contribution is 5.66. The molecule has 4 aliphatic rings. The van der Waals surface area contributed by atoms with E-state index in [1.165, 1.54) is 24.5 Å². The molecule has 3 saturated carbocycles. The lowest BCUT2D eigenvalue weighted by Crippen LogP contribution is -2.56. The Morgan fingerprint density at radius 1 is 1.10 bits per heavy atom. The van der Waals surface area contributed by atoms with Crippen LogP contribution in [0.3, 0.4) is 0 Å². The van der Waals surface area contributed by atoms with Crippen molar-refractivity contribution in [1.82, 2.24) is 0 Å². The summed E-state index contributed by atoms with van der Waals surface area (Å²) in [6.45, 7) is 12.3. The van der Waals surface area contributed by atoms with Crippen molar-refractivity contribution >= 4 is 11.9 Å². The van der Waals surface area contributed by atoms with Gasteiger partial charge in [0.05, 0.1) is 0 Å². The molecule has 0 bridgehead atoms. The molecule has 1 unspecified atom stereocenters. The van der Waals surface area contributed by atoms with E-state index in [0.717, 1.165) is 32.1 Å². The van der Waals surface area contributed by atoms with Gasteiger partial charge in [-0.2, -0.15) is 0 Å². The van der Waals surface area contributed by atoms with Gasteiger partial charge in [0.15, 0.2) is 0 Å². The van der Waals surface area contributed by atoms with Crippen molar-refractivity contribution in [3.8, 4) is 0 Å². The zero-order valence-corrected chi connectivity index (χ0v) is 19.5. The maximum absolute atomic E-state index is 12.1. The number of hydrogen-bond donors (Lipinski definition) is 0. The van der Waals surface area contributed by atoms with E-state index in [4.69, 9.17) is 9.47 Å². The monoisotopic (exact) mass is 414 g/mol. The maximum Gasteiger partial charge on any atom is 0.302 e. The molecule has 0 N–H and O–H groups in total. The van der Waals surface area contributed by atoms with E-state index in [1.54, 1.807) is 6.92 Å². The average molecular weight is 415 g/mol. The Balaban J connectivity index is 1.70. The molecule has 0 heterocycles. The Morgan fingerprint density at radius 3 is 2.43 bits per heavy atom. The largest absolute Gasteiger partial charge is 0.462 e. The Hall–Kier alpha value is -1.58. The standard InChI is InChI=1S/C26H38O4/c1-7-21-15(2)12-23-20-9-8-18-13-19(29-16(3)27)10-11-25(18,5)22(20)14-24(26(21,23)6)30-17(4)28/h7-8,15,19-20,22-24H,9-14H2,1-6H3/b21-7-/t15?,19-,20+,22-,23-,24+,25-,26+/m0/s1. The predicted molar refractivity (Wildman–Crippen MR) is 116 cm³/mol. The first-order valence-corrected chi connectivity index (χ1v) is 11.8. The highest BCUT2D eigenvalue weighted by atomic mass is 16.5. The number of ether oxygens (including phenoxy) is 2. The van der Waals surface area contributed by atoms with Gasteiger partial charge in [0, 0.05) is 25.7 Å². The molecule has 0 aromatic rings. The van der Waals surface area contributed by atoms with E-state index in [2.05, 4.69) is 39.8 Å². The molecule has 3 fully saturated rings. The molecular weight excluding hydrogens is 376 g/mol. The number of allylic oxidation sites excluding steroid dienone is 2. The number of rotatable bonds is 2. The molecule has 4 aliphatic carbocycles. The highest BCUT2D eigenvalue weighted by Crippen LogP contribution is 2.67. The van der Waals surface area contributed by atoms with Crippen LogP contribution in [0.15, 0.2) is 23.3 Å². The van der Waals surface area contributed by atoms with E-state index >= 15 is 0 Å². The van der Waals surface area contributed by atoms with Crippen LogP contribution in [0.2, 0.25) is 0 Å². The second-order valence-electron chi connectivity index (χ2n) is 10.7. The van der Waals surface area contributed by atoms with Crippen molar-refractivity contribution in [2.24, 2.45) is 34.5 Å². The van der Waals surface area contributed by atoms with E-state index in [9.17, 15) is 9.59 Å². The van der Waals surface area contributed by atoms with E-state index in [-0.39, 0.29) is 35.0 Å². The van der Waals surface area contributed by atoms with Crippen molar-refractivity contribution in [1.29, 1.82) is 0 Å². The first kappa shape index (κ1) is 21.6. The molecule has 4 rings (SSSR count). The number of hydrogen-bond acceptors (Lipinski definition) is 4. The van der Waals surface area contributed by atoms with Crippen LogP contribution in [-0.2, 0) is 19.1 Å². The van der Waals surface area contributed by atoms with Gasteiger partial charge in [-0.05, 0) is 68.1 Å². The lowest BCUT2D eigenvalue weighted by molar-refractivity contribution is -0.167. The lowest BCUT2D eigenvalue weighted by Gasteiger charge is -2.59. The Kier molecular flexibility index (Phi) is 5.43. The van der Waals surface area contributed by atoms with Crippen molar-refractivity contribution in [2.45, 2.75) is 92.3 Å². The molecule has 0 amide bonds. The van der Waals surface area contributed by atoms with Crippen LogP contribution in [0.4, 0.5) is 0 Å². The SMILES string of the molecule is C/C=C1/C(C)C[C@H]2[C@@H]3CC=C4C[C@@H](OC(C)=O)CC[C@]4(C)[C@H]3C[C@@H](OC(C)=O)[C@]12C. The summed E-state index contributed by atoms with van der Waals surface area (Å²) in [6.07, 6.45) is 10.8. The molecule has 8 atom stereocenters. The topological polar surface area (TPSA) is 52.6 Å². The first-order chi connectivity index (χ1) is 14.1. The van der Waals surface area contributed by atoms with Gasteiger partial charge >= 0.3 is 11.9 Å². The van der Waals surface area contributed by atoms with Crippen molar-refractivity contribution < 1.29 is 19.1 Å². The fourth-order valence-corrected chi connectivity index (χ4v) is 8.06. The highest BCUT2D eigenvalue weighted by Gasteiger charge is 2.63. The van der Waals surface area contributed by atoms with Gasteiger partial charge in [-0.15, -0.1) is 0 Å². The van der Waals surface area contributed by atoms with Crippen LogP contribution >= 0.6 is 0 Å². The van der Waals surface area contributed by atoms with Crippen molar-refractivity contribution in [2.75, 3.05) is 0 Å². The van der Waals surface area contributed by atoms with E-state index in [1.807, 2.05) is 0 Å². The summed E-state index contributed by atoms with van der Waals surface area (Å²) in [7, 11) is 0. The summed E-state index contributed by atoms with van der Waals surface area (Å²) in [5.74, 6) is 1.88. The van der Waals surface area contributed by atoms with Gasteiger partial charge in [0.2, 0.25) is 0 Å². The van der Waals surface area contributed by atoms with Crippen LogP contribution in [0.5, 0.6) is 0 Å². The number of esters is 2. The first-order valence-electron chi connectivity index (χ1n) is 11.8. The minimum atomic E-state index is -0.180. The molecular formula is C26H38O4. The second-order valence-corrected chi connectivity index (χ2v) is 10.7. The molecule has 0 saturated heterocycles. The Bertz CT molecular complexity index is 795. The van der Waals surface area contributed by atoms with Crippen LogP contribution in [-0.4, -0.2) is 24.1 Å². The zero-order chi connectivity index (χ0) is 21.8. The molecule has 4 heteroatoms. The number of carbonyl (C=O) groups excluding carboxylic acids is 2. The molecule has 0 aromatic heterocycles. The maximum atomic E-state index is 12.1. The summed E-state index contributed by atoms with van der Waals surface area (Å²) < 4.78 is 11.6. The minimum absolute atomic E-state index is 0.0117. The molecule has 0 spiro atoms. The zero-order valence-electron chi connectivity index (χ0n) is 19.5. The summed E-state index contributed by atoms with van der Waals surface area (Å²) >= 11 is 0. The molecule has 0 aliphatic heterocycles. The fourth-order valence-electron chi connectivity index (χ4n) is 8.06. The lowest BCUT2D eigenvalue weighted by atomic mass is 9.47. The molecule has 166 valence electrons. The Morgan fingerprint density at radius 2 is 1.80 bits per heavy atom. The predicted octanol–water partition coefficient (Wildman–Crippen LogP) is 5.61. The minimum Gasteiger partial charge on any atom is -0.462 e. The third kappa shape index (κ3) is 3.17. The summed E-state index contributed by atoms with van der Waals surface area (Å²) in [4.78, 5) is 23.6. The average Bonchev–Trinajstić information content (AvgIpc) is 2.92. The van der Waals surface area contributed by atoms with Crippen LogP contribution in [0.1, 0.15) is 80.1 Å². The smallest absolute Gasteiger partial charge is 0.302 e. The van der Waals surface area contributed by atoms with Crippen LogP contribution < -0.4 is 0 Å². The van der Waals surface area contributed by atoms with Gasteiger partial charge in [0.1, 0.15) is 12.2 Å². The fraction of sp³-hybridized carbons (Fsp3) is 0.769. The third-order valence-electron chi connectivity index (χ3n) is 9.27. The quantitative estimate of drug-likeness (QED) is 0.435. The number of carbonyl (C=O) groups is 2. The summed E-state index contributed by atoms with van der Waals surface area (Å²) in [5.41, 5.74) is 3.00. The van der Waals surface area contributed by atoms with Gasteiger partial charge in [-0.3, -0.25) is 9.59 Å². The van der Waals surface area contributed by atoms with E-state index < -0.39 is 0 Å². The van der Waals surface area contributed by atoms with Gasteiger partial charge in [0.25, 0.3) is 0 Å². The molecule has 30 heavy (non-hydrogen) atoms. The van der Waals surface area contributed by atoms with Gasteiger partial charge in [-0.25, -0.2) is 0 Å². The van der Waals surface area contributed by atoms with E-state index in [0.29, 0.717) is 23.7 Å². The molecule has 0 radical (unpaired) electrons.